The fourth-order valence-corrected chi connectivity index (χ4v) is 3.68. The van der Waals surface area contributed by atoms with Crippen molar-refractivity contribution in [3.8, 4) is 0 Å². The number of amides is 1. The van der Waals surface area contributed by atoms with E-state index in [0.717, 1.165) is 30.5 Å². The molecule has 1 amide bonds. The zero-order valence-corrected chi connectivity index (χ0v) is 16.0. The first-order chi connectivity index (χ1) is 13.5. The number of piperidine rings is 1. The van der Waals surface area contributed by atoms with Crippen LogP contribution in [0, 0.1) is 5.41 Å². The van der Waals surface area contributed by atoms with E-state index < -0.39 is 0 Å². The van der Waals surface area contributed by atoms with Gasteiger partial charge in [-0.15, -0.1) is 0 Å². The Labute approximate surface area is 164 Å². The van der Waals surface area contributed by atoms with Crippen LogP contribution in [0.3, 0.4) is 0 Å². The van der Waals surface area contributed by atoms with Gasteiger partial charge in [0.15, 0.2) is 0 Å². The van der Waals surface area contributed by atoms with E-state index in [-0.39, 0.29) is 42.7 Å². The van der Waals surface area contributed by atoms with Crippen LogP contribution < -0.4 is 5.73 Å². The number of nitrogen functional groups attached to an aromatic ring is 1. The average molecular weight is 386 g/mol. The van der Waals surface area contributed by atoms with E-state index in [1.807, 2.05) is 12.1 Å². The van der Waals surface area contributed by atoms with Gasteiger partial charge in [0, 0.05) is 24.6 Å². The summed E-state index contributed by atoms with van der Waals surface area (Å²) in [7, 11) is 1.37. The van der Waals surface area contributed by atoms with Crippen LogP contribution >= 0.6 is 0 Å². The van der Waals surface area contributed by atoms with Crippen molar-refractivity contribution in [1.29, 1.82) is 5.41 Å². The number of nitrogens with two attached hydrogens (primary N) is 1. The lowest BCUT2D eigenvalue weighted by atomic mass is 9.97. The van der Waals surface area contributed by atoms with Crippen molar-refractivity contribution in [2.24, 2.45) is 10.9 Å². The van der Waals surface area contributed by atoms with Crippen LogP contribution in [-0.4, -0.2) is 54.1 Å². The van der Waals surface area contributed by atoms with Crippen molar-refractivity contribution in [2.75, 3.05) is 13.7 Å². The highest BCUT2D eigenvalue weighted by molar-refractivity contribution is 6.02. The highest BCUT2D eigenvalue weighted by Crippen LogP contribution is 2.24. The summed E-state index contributed by atoms with van der Waals surface area (Å²) >= 11 is 0. The molecule has 1 aromatic rings. The molecule has 2 aliphatic heterocycles. The minimum Gasteiger partial charge on any atom is -0.469 e. The van der Waals surface area contributed by atoms with Gasteiger partial charge in [-0.25, -0.2) is 0 Å². The maximum atomic E-state index is 12.8. The molecule has 0 bridgehead atoms. The highest BCUT2D eigenvalue weighted by atomic mass is 16.6. The number of oxime groups is 1. The van der Waals surface area contributed by atoms with E-state index in [2.05, 4.69) is 5.16 Å². The van der Waals surface area contributed by atoms with Crippen LogP contribution in [-0.2, 0) is 19.2 Å². The molecule has 2 heterocycles. The topological polar surface area (TPSA) is 118 Å². The number of hydrogen-bond acceptors (Lipinski definition) is 6. The van der Waals surface area contributed by atoms with Crippen molar-refractivity contribution >= 4 is 23.4 Å². The molecule has 0 radical (unpaired) electrons. The van der Waals surface area contributed by atoms with Crippen molar-refractivity contribution in [3.05, 3.63) is 35.4 Å². The SMILES string of the molecule is COC(=O)CC1CCCCN1C(=O)CC1CC(c2ccc(C(=N)N)cc2)=NO1. The van der Waals surface area contributed by atoms with Crippen LogP contribution in [0.4, 0.5) is 0 Å². The Morgan fingerprint density at radius 2 is 2.04 bits per heavy atom. The minimum atomic E-state index is -0.310. The van der Waals surface area contributed by atoms with Gasteiger partial charge in [0.2, 0.25) is 5.91 Å². The molecular formula is C20H26N4O4. The fraction of sp³-hybridized carbons (Fsp3) is 0.500. The quantitative estimate of drug-likeness (QED) is 0.439. The van der Waals surface area contributed by atoms with Crippen LogP contribution in [0.1, 0.15) is 49.7 Å². The van der Waals surface area contributed by atoms with Crippen molar-refractivity contribution in [1.82, 2.24) is 4.90 Å². The molecule has 3 N–H and O–H groups in total. The molecular weight excluding hydrogens is 360 g/mol. The van der Waals surface area contributed by atoms with E-state index in [4.69, 9.17) is 20.7 Å². The van der Waals surface area contributed by atoms with E-state index in [1.54, 1.807) is 17.0 Å². The Morgan fingerprint density at radius 3 is 2.71 bits per heavy atom. The maximum absolute atomic E-state index is 12.8. The van der Waals surface area contributed by atoms with Gasteiger partial charge in [-0.3, -0.25) is 15.0 Å². The summed E-state index contributed by atoms with van der Waals surface area (Å²) in [6, 6.07) is 7.13. The third-order valence-electron chi connectivity index (χ3n) is 5.24. The molecule has 150 valence electrons. The van der Waals surface area contributed by atoms with E-state index in [9.17, 15) is 9.59 Å². The van der Waals surface area contributed by atoms with Crippen LogP contribution in [0.15, 0.2) is 29.4 Å². The number of nitrogens with one attached hydrogen (secondary N) is 1. The number of carbonyl (C=O) groups excluding carboxylic acids is 2. The van der Waals surface area contributed by atoms with E-state index >= 15 is 0 Å². The number of likely N-dealkylation sites (tertiary alicyclic amines) is 1. The van der Waals surface area contributed by atoms with Gasteiger partial charge >= 0.3 is 5.97 Å². The van der Waals surface area contributed by atoms with Gasteiger partial charge in [-0.05, 0) is 24.8 Å². The first-order valence-electron chi connectivity index (χ1n) is 9.51. The van der Waals surface area contributed by atoms with Gasteiger partial charge in [-0.2, -0.15) is 0 Å². The third kappa shape index (κ3) is 4.68. The Kier molecular flexibility index (Phi) is 6.28. The lowest BCUT2D eigenvalue weighted by Crippen LogP contribution is -2.45. The molecule has 0 spiro atoms. The molecule has 8 nitrogen and oxygen atoms in total. The normalized spacial score (nSPS) is 21.6. The number of nitrogens with zero attached hydrogens (tertiary/aromatic N) is 2. The molecule has 2 aliphatic rings. The lowest BCUT2D eigenvalue weighted by Gasteiger charge is -2.35. The second-order valence-electron chi connectivity index (χ2n) is 7.18. The summed E-state index contributed by atoms with van der Waals surface area (Å²) in [6.45, 7) is 0.660. The number of ether oxygens (including phenoxy) is 1. The zero-order valence-electron chi connectivity index (χ0n) is 16.0. The molecule has 2 atom stereocenters. The summed E-state index contributed by atoms with van der Waals surface area (Å²) in [4.78, 5) is 31.7. The predicted octanol–water partition coefficient (Wildman–Crippen LogP) is 1.80. The van der Waals surface area contributed by atoms with Gasteiger partial charge in [0.25, 0.3) is 0 Å². The summed E-state index contributed by atoms with van der Waals surface area (Å²) in [5, 5.41) is 11.6. The molecule has 2 unspecified atom stereocenters. The van der Waals surface area contributed by atoms with Crippen molar-refractivity contribution < 1.29 is 19.2 Å². The molecule has 8 heteroatoms. The van der Waals surface area contributed by atoms with Gasteiger partial charge in [0.05, 0.1) is 25.7 Å². The summed E-state index contributed by atoms with van der Waals surface area (Å²) in [5.74, 6) is -0.286. The molecule has 1 fully saturated rings. The monoisotopic (exact) mass is 386 g/mol. The number of rotatable bonds is 6. The summed E-state index contributed by atoms with van der Waals surface area (Å²) in [5.41, 5.74) is 7.79. The highest BCUT2D eigenvalue weighted by Gasteiger charge is 2.32. The molecule has 0 aromatic heterocycles. The van der Waals surface area contributed by atoms with Crippen molar-refractivity contribution in [3.63, 3.8) is 0 Å². The predicted molar refractivity (Wildman–Crippen MR) is 104 cm³/mol. The first kappa shape index (κ1) is 19.9. The minimum absolute atomic E-state index is 0.0121. The fourth-order valence-electron chi connectivity index (χ4n) is 3.68. The number of methoxy groups -OCH3 is 1. The largest absolute Gasteiger partial charge is 0.469 e. The Morgan fingerprint density at radius 1 is 1.29 bits per heavy atom. The molecule has 3 rings (SSSR count). The molecule has 0 saturated carbocycles. The van der Waals surface area contributed by atoms with Gasteiger partial charge < -0.3 is 20.2 Å². The second-order valence-corrected chi connectivity index (χ2v) is 7.18. The number of carbonyl (C=O) groups is 2. The molecule has 1 saturated heterocycles. The first-order valence-corrected chi connectivity index (χ1v) is 9.51. The number of amidine groups is 1. The van der Waals surface area contributed by atoms with Crippen LogP contribution in [0.2, 0.25) is 0 Å². The summed E-state index contributed by atoms with van der Waals surface area (Å²) in [6.07, 6.45) is 3.47. The Bertz CT molecular complexity index is 775. The summed E-state index contributed by atoms with van der Waals surface area (Å²) < 4.78 is 4.76. The van der Waals surface area contributed by atoms with E-state index in [0.29, 0.717) is 18.5 Å². The molecule has 28 heavy (non-hydrogen) atoms. The Hall–Kier alpha value is -2.90. The van der Waals surface area contributed by atoms with Crippen LogP contribution in [0.5, 0.6) is 0 Å². The smallest absolute Gasteiger partial charge is 0.307 e. The molecule has 1 aromatic carbocycles. The van der Waals surface area contributed by atoms with Gasteiger partial charge in [-0.1, -0.05) is 29.4 Å². The van der Waals surface area contributed by atoms with Crippen molar-refractivity contribution in [2.45, 2.75) is 50.7 Å². The third-order valence-corrected chi connectivity index (χ3v) is 5.24. The second kappa shape index (κ2) is 8.86. The number of esters is 1. The Balaban J connectivity index is 1.56. The average Bonchev–Trinajstić information content (AvgIpc) is 3.16. The number of benzene rings is 1. The maximum Gasteiger partial charge on any atom is 0.307 e. The standard InChI is InChI=1S/C20H26N4O4/c1-27-19(26)10-15-4-2-3-9-24(15)18(25)12-16-11-17(23-28-16)13-5-7-14(8-6-13)20(21)22/h5-8,15-16H,2-4,9-12H2,1H3,(H3,21,22). The van der Waals surface area contributed by atoms with E-state index in [1.165, 1.54) is 7.11 Å². The number of hydrogen-bond donors (Lipinski definition) is 2. The molecule has 0 aliphatic carbocycles. The lowest BCUT2D eigenvalue weighted by molar-refractivity contribution is -0.145. The van der Waals surface area contributed by atoms with Gasteiger partial charge in [0.1, 0.15) is 11.9 Å². The van der Waals surface area contributed by atoms with Crippen LogP contribution in [0.25, 0.3) is 0 Å². The zero-order chi connectivity index (χ0) is 20.1.